The van der Waals surface area contributed by atoms with Gasteiger partial charge in [-0.05, 0) is 30.5 Å². The van der Waals surface area contributed by atoms with Gasteiger partial charge in [-0.3, -0.25) is 4.79 Å². The third kappa shape index (κ3) is 4.27. The van der Waals surface area contributed by atoms with Crippen molar-refractivity contribution in [3.8, 4) is 0 Å². The van der Waals surface area contributed by atoms with Crippen LogP contribution in [0.1, 0.15) is 30.6 Å². The monoisotopic (exact) mass is 273 g/mol. The first kappa shape index (κ1) is 14.9. The van der Waals surface area contributed by atoms with Crippen molar-refractivity contribution in [1.82, 2.24) is 5.32 Å². The molecule has 0 saturated carbocycles. The van der Waals surface area contributed by atoms with Gasteiger partial charge in [-0.2, -0.15) is 0 Å². The molecule has 0 saturated heterocycles. The van der Waals surface area contributed by atoms with Crippen molar-refractivity contribution in [2.45, 2.75) is 26.4 Å². The number of rotatable bonds is 5. The number of aliphatic hydroxyl groups is 1. The van der Waals surface area contributed by atoms with E-state index in [2.05, 4.69) is 5.32 Å². The number of nitrogens with one attached hydrogen (secondary N) is 1. The van der Waals surface area contributed by atoms with Crippen LogP contribution >= 0.6 is 11.6 Å². The van der Waals surface area contributed by atoms with E-state index in [9.17, 15) is 14.3 Å². The van der Waals surface area contributed by atoms with Gasteiger partial charge in [0, 0.05) is 11.6 Å². The summed E-state index contributed by atoms with van der Waals surface area (Å²) in [4.78, 5) is 11.7. The van der Waals surface area contributed by atoms with E-state index in [-0.39, 0.29) is 16.5 Å². The van der Waals surface area contributed by atoms with Crippen molar-refractivity contribution in [3.05, 3.63) is 34.6 Å². The lowest BCUT2D eigenvalue weighted by atomic mass is 10.0. The summed E-state index contributed by atoms with van der Waals surface area (Å²) in [5, 5.41) is 12.4. The quantitative estimate of drug-likeness (QED) is 0.866. The van der Waals surface area contributed by atoms with Crippen molar-refractivity contribution >= 4 is 17.5 Å². The summed E-state index contributed by atoms with van der Waals surface area (Å²) in [5.41, 5.74) is -0.0431. The summed E-state index contributed by atoms with van der Waals surface area (Å²) in [6.07, 6.45) is -0.0288. The van der Waals surface area contributed by atoms with Crippen LogP contribution in [-0.2, 0) is 0 Å². The molecule has 2 N–H and O–H groups in total. The predicted octanol–water partition coefficient (Wildman–Crippen LogP) is 2.62. The van der Waals surface area contributed by atoms with Gasteiger partial charge < -0.3 is 10.4 Å². The Balaban J connectivity index is 2.51. The lowest BCUT2D eigenvalue weighted by Crippen LogP contribution is -2.29. The fraction of sp³-hybridized carbons (Fsp3) is 0.462. The third-order valence-electron chi connectivity index (χ3n) is 2.67. The zero-order chi connectivity index (χ0) is 13.7. The molecule has 100 valence electrons. The first-order valence-electron chi connectivity index (χ1n) is 5.83. The van der Waals surface area contributed by atoms with E-state index in [1.165, 1.54) is 12.1 Å². The zero-order valence-corrected chi connectivity index (χ0v) is 11.2. The van der Waals surface area contributed by atoms with Gasteiger partial charge in [-0.1, -0.05) is 25.4 Å². The number of carbonyl (C=O) groups is 1. The van der Waals surface area contributed by atoms with E-state index in [1.807, 2.05) is 13.8 Å². The van der Waals surface area contributed by atoms with E-state index < -0.39 is 17.8 Å². The minimum absolute atomic E-state index is 0.0431. The Kier molecular flexibility index (Phi) is 5.56. The van der Waals surface area contributed by atoms with Crippen LogP contribution in [-0.4, -0.2) is 23.7 Å². The van der Waals surface area contributed by atoms with Gasteiger partial charge in [-0.15, -0.1) is 0 Å². The Morgan fingerprint density at radius 3 is 2.72 bits per heavy atom. The number of carbonyl (C=O) groups excluding carboxylic acids is 1. The van der Waals surface area contributed by atoms with Crippen molar-refractivity contribution in [2.24, 2.45) is 5.92 Å². The Labute approximate surface area is 111 Å². The second-order valence-corrected chi connectivity index (χ2v) is 4.92. The summed E-state index contributed by atoms with van der Waals surface area (Å²) in [6, 6.07) is 3.90. The largest absolute Gasteiger partial charge is 0.393 e. The molecule has 1 aromatic carbocycles. The Bertz CT molecular complexity index is 423. The van der Waals surface area contributed by atoms with E-state index in [4.69, 9.17) is 11.6 Å². The van der Waals surface area contributed by atoms with Gasteiger partial charge in [0.2, 0.25) is 0 Å². The summed E-state index contributed by atoms with van der Waals surface area (Å²) in [5.74, 6) is -1.02. The molecule has 0 aromatic heterocycles. The average molecular weight is 274 g/mol. The number of amides is 1. The van der Waals surface area contributed by atoms with Crippen LogP contribution in [0.25, 0.3) is 0 Å². The molecule has 0 bridgehead atoms. The standard InChI is InChI=1S/C13H17ClFNO2/c1-8(2)12(17)5-6-16-13(18)10-4-3-9(14)7-11(10)15/h3-4,7-8,12,17H,5-6H2,1-2H3,(H,16,18). The highest BCUT2D eigenvalue weighted by molar-refractivity contribution is 6.30. The molecule has 0 spiro atoms. The number of hydrogen-bond acceptors (Lipinski definition) is 2. The second-order valence-electron chi connectivity index (χ2n) is 4.48. The van der Waals surface area contributed by atoms with E-state index in [1.54, 1.807) is 0 Å². The van der Waals surface area contributed by atoms with E-state index in [0.717, 1.165) is 6.07 Å². The molecule has 1 atom stereocenters. The van der Waals surface area contributed by atoms with Crippen molar-refractivity contribution in [2.75, 3.05) is 6.54 Å². The van der Waals surface area contributed by atoms with Gasteiger partial charge in [0.1, 0.15) is 5.82 Å². The summed E-state index contributed by atoms with van der Waals surface area (Å²) >= 11 is 5.60. The third-order valence-corrected chi connectivity index (χ3v) is 2.91. The Hall–Kier alpha value is -1.13. The molecule has 0 aliphatic carbocycles. The van der Waals surface area contributed by atoms with Crippen LogP contribution in [0.15, 0.2) is 18.2 Å². The van der Waals surface area contributed by atoms with Crippen LogP contribution in [0.5, 0.6) is 0 Å². The van der Waals surface area contributed by atoms with Crippen molar-refractivity contribution in [1.29, 1.82) is 0 Å². The lowest BCUT2D eigenvalue weighted by Gasteiger charge is -2.14. The lowest BCUT2D eigenvalue weighted by molar-refractivity contribution is 0.0916. The first-order valence-corrected chi connectivity index (χ1v) is 6.21. The van der Waals surface area contributed by atoms with Crippen LogP contribution < -0.4 is 5.32 Å². The van der Waals surface area contributed by atoms with Gasteiger partial charge in [0.15, 0.2) is 0 Å². The fourth-order valence-electron chi connectivity index (χ4n) is 1.44. The van der Waals surface area contributed by atoms with Crippen LogP contribution in [0.2, 0.25) is 5.02 Å². The molecule has 1 rings (SSSR count). The second kappa shape index (κ2) is 6.71. The summed E-state index contributed by atoms with van der Waals surface area (Å²) in [7, 11) is 0. The molecular weight excluding hydrogens is 257 g/mol. The highest BCUT2D eigenvalue weighted by Gasteiger charge is 2.13. The maximum absolute atomic E-state index is 13.4. The number of halogens is 2. The average Bonchev–Trinajstić information content (AvgIpc) is 2.28. The molecule has 5 heteroatoms. The van der Waals surface area contributed by atoms with Crippen molar-refractivity contribution in [3.63, 3.8) is 0 Å². The summed E-state index contributed by atoms with van der Waals surface area (Å²) < 4.78 is 13.4. The normalized spacial score (nSPS) is 12.6. The number of benzene rings is 1. The highest BCUT2D eigenvalue weighted by atomic mass is 35.5. The molecule has 0 fully saturated rings. The fourth-order valence-corrected chi connectivity index (χ4v) is 1.59. The molecule has 1 amide bonds. The molecule has 1 unspecified atom stereocenters. The molecule has 0 radical (unpaired) electrons. The molecular formula is C13H17ClFNO2. The Morgan fingerprint density at radius 1 is 1.50 bits per heavy atom. The number of hydrogen-bond donors (Lipinski definition) is 2. The van der Waals surface area contributed by atoms with E-state index >= 15 is 0 Å². The van der Waals surface area contributed by atoms with Gasteiger partial charge >= 0.3 is 0 Å². The minimum Gasteiger partial charge on any atom is -0.393 e. The van der Waals surface area contributed by atoms with Crippen LogP contribution in [0.4, 0.5) is 4.39 Å². The molecule has 3 nitrogen and oxygen atoms in total. The molecule has 0 heterocycles. The topological polar surface area (TPSA) is 49.3 Å². The SMILES string of the molecule is CC(C)C(O)CCNC(=O)c1ccc(Cl)cc1F. The maximum Gasteiger partial charge on any atom is 0.254 e. The highest BCUT2D eigenvalue weighted by Crippen LogP contribution is 2.14. The van der Waals surface area contributed by atoms with Gasteiger partial charge in [0.25, 0.3) is 5.91 Å². The zero-order valence-electron chi connectivity index (χ0n) is 10.4. The molecule has 1 aromatic rings. The summed E-state index contributed by atoms with van der Waals surface area (Å²) in [6.45, 7) is 4.09. The number of aliphatic hydroxyl groups excluding tert-OH is 1. The van der Waals surface area contributed by atoms with Crippen molar-refractivity contribution < 1.29 is 14.3 Å². The van der Waals surface area contributed by atoms with E-state index in [0.29, 0.717) is 13.0 Å². The van der Waals surface area contributed by atoms with Crippen LogP contribution in [0, 0.1) is 11.7 Å². The van der Waals surface area contributed by atoms with Gasteiger partial charge in [-0.25, -0.2) is 4.39 Å². The van der Waals surface area contributed by atoms with Gasteiger partial charge in [0.05, 0.1) is 11.7 Å². The smallest absolute Gasteiger partial charge is 0.254 e. The maximum atomic E-state index is 13.4. The minimum atomic E-state index is -0.649. The van der Waals surface area contributed by atoms with Crippen LogP contribution in [0.3, 0.4) is 0 Å². The molecule has 0 aliphatic heterocycles. The first-order chi connectivity index (χ1) is 8.41. The Morgan fingerprint density at radius 2 is 2.17 bits per heavy atom. The molecule has 18 heavy (non-hydrogen) atoms. The molecule has 0 aliphatic rings. The predicted molar refractivity (Wildman–Crippen MR) is 69.2 cm³/mol.